The SMILES string of the molecule is CCC(=O)[O-].CCCOc1cc(OCCC)c([S+](c2ccccc2)c2c(OCCC)cc(OCCC)cc2OCCC)c(OCCC)c1. The minimum Gasteiger partial charge on any atom is -0.550 e. The van der Waals surface area contributed by atoms with Crippen LogP contribution < -0.4 is 33.5 Å². The first kappa shape index (κ1) is 40.5. The lowest BCUT2D eigenvalue weighted by Crippen LogP contribution is -2.19. The van der Waals surface area contributed by atoms with Crippen molar-refractivity contribution in [3.05, 3.63) is 54.6 Å². The first-order chi connectivity index (χ1) is 23.4. The van der Waals surface area contributed by atoms with Crippen molar-refractivity contribution < 1.29 is 38.3 Å². The van der Waals surface area contributed by atoms with Gasteiger partial charge in [0, 0.05) is 30.2 Å². The maximum absolute atomic E-state index is 9.26. The van der Waals surface area contributed by atoms with E-state index in [9.17, 15) is 9.90 Å². The second kappa shape index (κ2) is 23.6. The number of carboxylic acid groups (broad SMARTS) is 1. The number of aliphatic carboxylic acids is 1. The normalized spacial score (nSPS) is 10.6. The summed E-state index contributed by atoms with van der Waals surface area (Å²) in [7, 11) is -0.714. The zero-order valence-corrected chi connectivity index (χ0v) is 30.9. The number of rotatable bonds is 22. The van der Waals surface area contributed by atoms with Crippen LogP contribution in [0.2, 0.25) is 0 Å². The summed E-state index contributed by atoms with van der Waals surface area (Å²) in [6.45, 7) is 17.7. The number of hydrogen-bond donors (Lipinski definition) is 0. The largest absolute Gasteiger partial charge is 0.550 e. The molecule has 266 valence electrons. The Bertz CT molecular complexity index is 1200. The van der Waals surface area contributed by atoms with Gasteiger partial charge in [0.2, 0.25) is 0 Å². The van der Waals surface area contributed by atoms with Crippen molar-refractivity contribution in [2.24, 2.45) is 0 Å². The van der Waals surface area contributed by atoms with E-state index in [0.717, 1.165) is 87.7 Å². The molecule has 3 rings (SSSR count). The van der Waals surface area contributed by atoms with Gasteiger partial charge >= 0.3 is 0 Å². The van der Waals surface area contributed by atoms with Crippen LogP contribution in [0, 0.1) is 0 Å². The predicted octanol–water partition coefficient (Wildman–Crippen LogP) is 8.66. The molecule has 0 aromatic heterocycles. The molecular formula is C39H56O8S. The molecular weight excluding hydrogens is 628 g/mol. The van der Waals surface area contributed by atoms with Crippen LogP contribution in [0.5, 0.6) is 34.5 Å². The zero-order chi connectivity index (χ0) is 35.1. The van der Waals surface area contributed by atoms with E-state index < -0.39 is 16.9 Å². The van der Waals surface area contributed by atoms with E-state index in [1.165, 1.54) is 6.92 Å². The third-order valence-electron chi connectivity index (χ3n) is 6.46. The zero-order valence-electron chi connectivity index (χ0n) is 30.1. The van der Waals surface area contributed by atoms with Gasteiger partial charge in [-0.05, 0) is 57.1 Å². The van der Waals surface area contributed by atoms with Crippen molar-refractivity contribution in [1.82, 2.24) is 0 Å². The highest BCUT2D eigenvalue weighted by atomic mass is 32.2. The highest BCUT2D eigenvalue weighted by Crippen LogP contribution is 2.51. The van der Waals surface area contributed by atoms with Crippen molar-refractivity contribution in [2.75, 3.05) is 39.6 Å². The maximum atomic E-state index is 9.26. The highest BCUT2D eigenvalue weighted by Gasteiger charge is 2.42. The fraction of sp³-hybridized carbons (Fsp3) is 0.513. The summed E-state index contributed by atoms with van der Waals surface area (Å²) >= 11 is 0. The number of ether oxygens (including phenoxy) is 6. The summed E-state index contributed by atoms with van der Waals surface area (Å²) in [5.74, 6) is 3.50. The monoisotopic (exact) mass is 684 g/mol. The molecule has 0 heterocycles. The summed E-state index contributed by atoms with van der Waals surface area (Å²) in [4.78, 5) is 12.3. The summed E-state index contributed by atoms with van der Waals surface area (Å²) < 4.78 is 38.3. The molecule has 0 amide bonds. The lowest BCUT2D eigenvalue weighted by atomic mass is 10.3. The molecule has 8 nitrogen and oxygen atoms in total. The third kappa shape index (κ3) is 13.1. The Morgan fingerprint density at radius 3 is 1.08 bits per heavy atom. The Labute approximate surface area is 291 Å². The summed E-state index contributed by atoms with van der Waals surface area (Å²) in [6, 6.07) is 18.6. The fourth-order valence-corrected chi connectivity index (χ4v) is 6.67. The van der Waals surface area contributed by atoms with Crippen molar-refractivity contribution in [3.63, 3.8) is 0 Å². The van der Waals surface area contributed by atoms with Gasteiger partial charge in [-0.2, -0.15) is 0 Å². The van der Waals surface area contributed by atoms with Crippen molar-refractivity contribution >= 4 is 16.9 Å². The molecule has 0 radical (unpaired) electrons. The predicted molar refractivity (Wildman–Crippen MR) is 192 cm³/mol. The third-order valence-corrected chi connectivity index (χ3v) is 8.82. The number of carboxylic acids is 1. The summed E-state index contributed by atoms with van der Waals surface area (Å²) in [6.07, 6.45) is 5.45. The first-order valence-corrected chi connectivity index (χ1v) is 18.7. The molecule has 0 aliphatic heterocycles. The van der Waals surface area contributed by atoms with Gasteiger partial charge in [0.1, 0.15) is 22.4 Å². The number of benzene rings is 3. The van der Waals surface area contributed by atoms with Gasteiger partial charge in [-0.15, -0.1) is 0 Å². The Morgan fingerprint density at radius 2 is 0.812 bits per heavy atom. The maximum Gasteiger partial charge on any atom is 0.250 e. The smallest absolute Gasteiger partial charge is 0.250 e. The quantitative estimate of drug-likeness (QED) is 0.0971. The first-order valence-electron chi connectivity index (χ1n) is 17.5. The molecule has 0 saturated carbocycles. The van der Waals surface area contributed by atoms with Crippen LogP contribution >= 0.6 is 0 Å². The summed E-state index contributed by atoms with van der Waals surface area (Å²) in [5, 5.41) is 9.26. The lowest BCUT2D eigenvalue weighted by molar-refractivity contribution is -0.305. The lowest BCUT2D eigenvalue weighted by Gasteiger charge is -2.21. The molecule has 0 bridgehead atoms. The number of hydrogen-bond acceptors (Lipinski definition) is 8. The van der Waals surface area contributed by atoms with Gasteiger partial charge in [0.25, 0.3) is 9.79 Å². The van der Waals surface area contributed by atoms with E-state index in [1.54, 1.807) is 0 Å². The van der Waals surface area contributed by atoms with Crippen molar-refractivity contribution in [2.45, 2.75) is 108 Å². The Hall–Kier alpha value is -3.72. The molecule has 3 aromatic carbocycles. The Balaban J connectivity index is 0.00000149. The van der Waals surface area contributed by atoms with Crippen LogP contribution in [0.3, 0.4) is 0 Å². The molecule has 0 atom stereocenters. The topological polar surface area (TPSA) is 95.5 Å². The average Bonchev–Trinajstić information content (AvgIpc) is 3.11. The second-order valence-corrected chi connectivity index (χ2v) is 12.8. The van der Waals surface area contributed by atoms with Crippen LogP contribution in [0.25, 0.3) is 0 Å². The molecule has 0 aliphatic carbocycles. The molecule has 0 unspecified atom stereocenters. The molecule has 0 fully saturated rings. The molecule has 9 heteroatoms. The standard InChI is InChI=1S/C36H51O6S.C3H6O2/c1-7-18-37-28-24-31(39-20-9-3)35(32(25-28)40-21-10-4)43(30-16-14-13-15-17-30)36-33(41-22-11-5)26-29(38-19-8-2)27-34(36)42-23-12-6;1-2-3(4)5/h13-17,24-27H,7-12,18-23H2,1-6H3;2H2,1H3,(H,4,5)/q+1;/p-1. The minimum atomic E-state index is -0.995. The van der Waals surface area contributed by atoms with E-state index in [0.29, 0.717) is 39.6 Å². The van der Waals surface area contributed by atoms with Crippen molar-refractivity contribution in [3.8, 4) is 34.5 Å². The van der Waals surface area contributed by atoms with Gasteiger partial charge in [-0.1, -0.05) is 66.7 Å². The average molecular weight is 685 g/mol. The van der Waals surface area contributed by atoms with E-state index in [2.05, 4.69) is 65.8 Å². The fourth-order valence-electron chi connectivity index (χ4n) is 4.29. The molecule has 0 N–H and O–H groups in total. The second-order valence-electron chi connectivity index (χ2n) is 10.9. The molecule has 3 aromatic rings. The minimum absolute atomic E-state index is 0.111. The van der Waals surface area contributed by atoms with E-state index >= 15 is 0 Å². The van der Waals surface area contributed by atoms with Crippen molar-refractivity contribution in [1.29, 1.82) is 0 Å². The van der Waals surface area contributed by atoms with Crippen LogP contribution in [-0.2, 0) is 15.7 Å². The molecule has 0 saturated heterocycles. The van der Waals surface area contributed by atoms with Gasteiger partial charge < -0.3 is 38.3 Å². The van der Waals surface area contributed by atoms with Crippen LogP contribution in [-0.4, -0.2) is 45.6 Å². The highest BCUT2D eigenvalue weighted by molar-refractivity contribution is 7.97. The van der Waals surface area contributed by atoms with E-state index in [1.807, 2.05) is 30.3 Å². The molecule has 0 spiro atoms. The van der Waals surface area contributed by atoms with Crippen LogP contribution in [0.4, 0.5) is 0 Å². The van der Waals surface area contributed by atoms with E-state index in [-0.39, 0.29) is 6.42 Å². The Morgan fingerprint density at radius 1 is 0.521 bits per heavy atom. The van der Waals surface area contributed by atoms with Crippen LogP contribution in [0.15, 0.2) is 69.3 Å². The summed E-state index contributed by atoms with van der Waals surface area (Å²) in [5.41, 5.74) is 0. The van der Waals surface area contributed by atoms with Gasteiger partial charge in [0.05, 0.1) is 39.6 Å². The Kier molecular flexibility index (Phi) is 19.9. The van der Waals surface area contributed by atoms with Gasteiger partial charge in [0.15, 0.2) is 27.9 Å². The van der Waals surface area contributed by atoms with E-state index in [4.69, 9.17) is 28.4 Å². The number of carbonyl (C=O) groups excluding carboxylic acids is 1. The van der Waals surface area contributed by atoms with Gasteiger partial charge in [-0.3, -0.25) is 0 Å². The van der Waals surface area contributed by atoms with Gasteiger partial charge in [-0.25, -0.2) is 0 Å². The van der Waals surface area contributed by atoms with Crippen LogP contribution in [0.1, 0.15) is 93.4 Å². The molecule has 0 aliphatic rings. The number of carbonyl (C=O) groups is 1. The molecule has 48 heavy (non-hydrogen) atoms.